The van der Waals surface area contributed by atoms with Crippen LogP contribution in [0.15, 0.2) is 36.7 Å². The monoisotopic (exact) mass is 214 g/mol. The summed E-state index contributed by atoms with van der Waals surface area (Å²) >= 11 is 0. The Hall–Kier alpha value is -2.30. The minimum atomic E-state index is -0.0321. The summed E-state index contributed by atoms with van der Waals surface area (Å²) in [6, 6.07) is 7.53. The molecule has 0 fully saturated rings. The third-order valence-corrected chi connectivity index (χ3v) is 2.63. The van der Waals surface area contributed by atoms with Crippen LogP contribution < -0.4 is 10.2 Å². The van der Waals surface area contributed by atoms with Gasteiger partial charge < -0.3 is 10.2 Å². The lowest BCUT2D eigenvalue weighted by atomic mass is 10.1. The number of amides is 1. The normalized spacial score (nSPS) is 14.5. The first kappa shape index (κ1) is 8.96. The molecule has 3 rings (SSSR count). The zero-order chi connectivity index (χ0) is 11.0. The predicted molar refractivity (Wildman–Crippen MR) is 59.5 cm³/mol. The van der Waals surface area contributed by atoms with Crippen LogP contribution in [-0.4, -0.2) is 22.8 Å². The first-order chi connectivity index (χ1) is 7.86. The van der Waals surface area contributed by atoms with Crippen LogP contribution in [0.3, 0.4) is 0 Å². The molecule has 0 saturated heterocycles. The minimum Gasteiger partial charge on any atom is -0.334 e. The standard InChI is InChI=1S/C11H10N4O/c16-11-9-3-1-2-4-10(9)15(7-12-11)8-5-13-14-6-8/h1-6H,7H2,(H,12,16)(H,13,14). The number of rotatable bonds is 1. The summed E-state index contributed by atoms with van der Waals surface area (Å²) in [5.41, 5.74) is 2.54. The third kappa shape index (κ3) is 1.25. The fourth-order valence-corrected chi connectivity index (χ4v) is 1.85. The number of nitrogens with one attached hydrogen (secondary N) is 2. The van der Waals surface area contributed by atoms with E-state index in [1.807, 2.05) is 29.2 Å². The van der Waals surface area contributed by atoms with Gasteiger partial charge in [0, 0.05) is 6.20 Å². The van der Waals surface area contributed by atoms with Gasteiger partial charge in [0.05, 0.1) is 29.8 Å². The van der Waals surface area contributed by atoms with Crippen molar-refractivity contribution in [2.75, 3.05) is 11.6 Å². The SMILES string of the molecule is O=C1NCN(c2cn[nH]c2)c2ccccc21. The number of para-hydroxylation sites is 1. The number of carbonyl (C=O) groups is 1. The second-order valence-electron chi connectivity index (χ2n) is 3.57. The maximum Gasteiger partial charge on any atom is 0.254 e. The molecule has 2 heterocycles. The van der Waals surface area contributed by atoms with E-state index in [-0.39, 0.29) is 5.91 Å². The van der Waals surface area contributed by atoms with E-state index in [1.54, 1.807) is 12.4 Å². The highest BCUT2D eigenvalue weighted by Gasteiger charge is 2.23. The average Bonchev–Trinajstić information content (AvgIpc) is 2.83. The molecule has 0 aliphatic carbocycles. The molecule has 1 aliphatic rings. The Balaban J connectivity index is 2.11. The number of benzene rings is 1. The van der Waals surface area contributed by atoms with Crippen LogP contribution in [0.1, 0.15) is 10.4 Å². The number of hydrogen-bond acceptors (Lipinski definition) is 3. The molecule has 2 aromatic rings. The summed E-state index contributed by atoms with van der Waals surface area (Å²) in [6.07, 6.45) is 3.53. The number of carbonyl (C=O) groups excluding carboxylic acids is 1. The number of H-pyrrole nitrogens is 1. The van der Waals surface area contributed by atoms with Crippen molar-refractivity contribution in [1.29, 1.82) is 0 Å². The lowest BCUT2D eigenvalue weighted by Gasteiger charge is -2.29. The van der Waals surface area contributed by atoms with Crippen molar-refractivity contribution in [3.05, 3.63) is 42.2 Å². The van der Waals surface area contributed by atoms with Gasteiger partial charge in [0.2, 0.25) is 0 Å². The van der Waals surface area contributed by atoms with Gasteiger partial charge in [-0.15, -0.1) is 0 Å². The maximum absolute atomic E-state index is 11.6. The number of aromatic amines is 1. The lowest BCUT2D eigenvalue weighted by molar-refractivity contribution is 0.0949. The molecule has 0 atom stereocenters. The second kappa shape index (κ2) is 3.37. The van der Waals surface area contributed by atoms with Crippen molar-refractivity contribution in [1.82, 2.24) is 15.5 Å². The first-order valence-electron chi connectivity index (χ1n) is 5.00. The summed E-state index contributed by atoms with van der Waals surface area (Å²) in [7, 11) is 0. The molecule has 1 aliphatic heterocycles. The minimum absolute atomic E-state index is 0.0321. The van der Waals surface area contributed by atoms with Crippen molar-refractivity contribution in [2.45, 2.75) is 0 Å². The molecule has 1 aromatic heterocycles. The van der Waals surface area contributed by atoms with Crippen molar-refractivity contribution in [3.8, 4) is 0 Å². The zero-order valence-electron chi connectivity index (χ0n) is 8.47. The smallest absolute Gasteiger partial charge is 0.254 e. The Labute approximate surface area is 92.1 Å². The molecular formula is C11H10N4O. The van der Waals surface area contributed by atoms with Gasteiger partial charge in [0.1, 0.15) is 0 Å². The molecule has 1 amide bonds. The van der Waals surface area contributed by atoms with E-state index in [0.717, 1.165) is 11.4 Å². The molecule has 1 aromatic carbocycles. The molecule has 80 valence electrons. The highest BCUT2D eigenvalue weighted by Crippen LogP contribution is 2.29. The van der Waals surface area contributed by atoms with Gasteiger partial charge in [-0.1, -0.05) is 12.1 Å². The van der Waals surface area contributed by atoms with E-state index < -0.39 is 0 Å². The molecule has 5 heteroatoms. The van der Waals surface area contributed by atoms with E-state index in [4.69, 9.17) is 0 Å². The van der Waals surface area contributed by atoms with Gasteiger partial charge in [0.15, 0.2) is 0 Å². The third-order valence-electron chi connectivity index (χ3n) is 2.63. The van der Waals surface area contributed by atoms with Crippen LogP contribution in [-0.2, 0) is 0 Å². The second-order valence-corrected chi connectivity index (χ2v) is 3.57. The van der Waals surface area contributed by atoms with E-state index in [9.17, 15) is 4.79 Å². The van der Waals surface area contributed by atoms with Crippen molar-refractivity contribution in [2.24, 2.45) is 0 Å². The van der Waals surface area contributed by atoms with Crippen LogP contribution in [0.5, 0.6) is 0 Å². The molecule has 0 saturated carbocycles. The van der Waals surface area contributed by atoms with E-state index in [2.05, 4.69) is 15.5 Å². The largest absolute Gasteiger partial charge is 0.334 e. The molecule has 0 bridgehead atoms. The number of hydrogen-bond donors (Lipinski definition) is 2. The van der Waals surface area contributed by atoms with Gasteiger partial charge in [-0.25, -0.2) is 0 Å². The fraction of sp³-hybridized carbons (Fsp3) is 0.0909. The number of fused-ring (bicyclic) bond motifs is 1. The summed E-state index contributed by atoms with van der Waals surface area (Å²) in [5, 5.41) is 9.50. The van der Waals surface area contributed by atoms with Gasteiger partial charge in [-0.2, -0.15) is 5.10 Å². The van der Waals surface area contributed by atoms with Crippen LogP contribution in [0.25, 0.3) is 0 Å². The van der Waals surface area contributed by atoms with Crippen molar-refractivity contribution in [3.63, 3.8) is 0 Å². The number of aromatic nitrogens is 2. The molecular weight excluding hydrogens is 204 g/mol. The van der Waals surface area contributed by atoms with E-state index in [0.29, 0.717) is 12.2 Å². The topological polar surface area (TPSA) is 61.0 Å². The quantitative estimate of drug-likeness (QED) is 0.751. The average molecular weight is 214 g/mol. The Morgan fingerprint density at radius 1 is 1.31 bits per heavy atom. The highest BCUT2D eigenvalue weighted by atomic mass is 16.2. The molecule has 0 spiro atoms. The van der Waals surface area contributed by atoms with Crippen LogP contribution in [0, 0.1) is 0 Å². The fourth-order valence-electron chi connectivity index (χ4n) is 1.85. The molecule has 0 radical (unpaired) electrons. The van der Waals surface area contributed by atoms with Gasteiger partial charge in [-0.3, -0.25) is 9.89 Å². The highest BCUT2D eigenvalue weighted by molar-refractivity contribution is 6.02. The first-order valence-corrected chi connectivity index (χ1v) is 5.00. The molecule has 16 heavy (non-hydrogen) atoms. The van der Waals surface area contributed by atoms with Gasteiger partial charge in [0.25, 0.3) is 5.91 Å². The summed E-state index contributed by atoms with van der Waals surface area (Å²) in [5.74, 6) is -0.0321. The molecule has 2 N–H and O–H groups in total. The Morgan fingerprint density at radius 3 is 3.00 bits per heavy atom. The van der Waals surface area contributed by atoms with Crippen LogP contribution in [0.4, 0.5) is 11.4 Å². The molecule has 5 nitrogen and oxygen atoms in total. The maximum atomic E-state index is 11.6. The van der Waals surface area contributed by atoms with Gasteiger partial charge >= 0.3 is 0 Å². The predicted octanol–water partition coefficient (Wildman–Crippen LogP) is 1.25. The lowest BCUT2D eigenvalue weighted by Crippen LogP contribution is -2.40. The summed E-state index contributed by atoms with van der Waals surface area (Å²) in [4.78, 5) is 13.6. The van der Waals surface area contributed by atoms with E-state index >= 15 is 0 Å². The van der Waals surface area contributed by atoms with Crippen molar-refractivity contribution >= 4 is 17.3 Å². The van der Waals surface area contributed by atoms with Crippen LogP contribution in [0.2, 0.25) is 0 Å². The van der Waals surface area contributed by atoms with Crippen LogP contribution >= 0.6 is 0 Å². The Kier molecular flexibility index (Phi) is 1.89. The number of nitrogens with zero attached hydrogens (tertiary/aromatic N) is 2. The summed E-state index contributed by atoms with van der Waals surface area (Å²) in [6.45, 7) is 0.468. The van der Waals surface area contributed by atoms with Gasteiger partial charge in [-0.05, 0) is 12.1 Å². The van der Waals surface area contributed by atoms with E-state index in [1.165, 1.54) is 0 Å². The zero-order valence-corrected chi connectivity index (χ0v) is 8.47. The van der Waals surface area contributed by atoms with Crippen molar-refractivity contribution < 1.29 is 4.79 Å². The Morgan fingerprint density at radius 2 is 2.19 bits per heavy atom. The molecule has 0 unspecified atom stereocenters. The Bertz CT molecular complexity index is 521. The number of anilines is 2. The summed E-state index contributed by atoms with van der Waals surface area (Å²) < 4.78 is 0.